The van der Waals surface area contributed by atoms with Gasteiger partial charge in [0.15, 0.2) is 0 Å². The van der Waals surface area contributed by atoms with Crippen LogP contribution in [0.1, 0.15) is 18.4 Å². The second kappa shape index (κ2) is 3.24. The first-order chi connectivity index (χ1) is 5.24. The van der Waals surface area contributed by atoms with Crippen molar-refractivity contribution in [3.63, 3.8) is 0 Å². The highest BCUT2D eigenvalue weighted by molar-refractivity contribution is 5.29. The lowest BCUT2D eigenvalue weighted by molar-refractivity contribution is 0.475. The van der Waals surface area contributed by atoms with E-state index in [1.54, 1.807) is 12.1 Å². The molecule has 1 aromatic rings. The summed E-state index contributed by atoms with van der Waals surface area (Å²) in [5.41, 5.74) is 1.18. The van der Waals surface area contributed by atoms with Crippen LogP contribution in [0.15, 0.2) is 36.9 Å². The molecule has 1 aromatic carbocycles. The zero-order chi connectivity index (χ0) is 8.27. The Kier molecular flexibility index (Phi) is 2.32. The predicted molar refractivity (Wildman–Crippen MR) is 46.7 cm³/mol. The predicted octanol–water partition coefficient (Wildman–Crippen LogP) is 2.68. The fourth-order valence-corrected chi connectivity index (χ4v) is 0.914. The van der Waals surface area contributed by atoms with Crippen LogP contribution in [0.5, 0.6) is 5.75 Å². The molecule has 0 aliphatic heterocycles. The van der Waals surface area contributed by atoms with Gasteiger partial charge in [-0.3, -0.25) is 0 Å². The van der Waals surface area contributed by atoms with Gasteiger partial charge in [-0.25, -0.2) is 0 Å². The van der Waals surface area contributed by atoms with Crippen LogP contribution in [0, 0.1) is 0 Å². The number of rotatable bonds is 2. The average molecular weight is 148 g/mol. The third kappa shape index (κ3) is 1.84. The van der Waals surface area contributed by atoms with Gasteiger partial charge in [0.05, 0.1) is 0 Å². The highest BCUT2D eigenvalue weighted by Crippen LogP contribution is 2.18. The maximum atomic E-state index is 8.99. The highest BCUT2D eigenvalue weighted by atomic mass is 16.3. The zero-order valence-electron chi connectivity index (χ0n) is 6.62. The van der Waals surface area contributed by atoms with Crippen molar-refractivity contribution in [1.29, 1.82) is 0 Å². The molecular formula is C10H12O. The van der Waals surface area contributed by atoms with E-state index >= 15 is 0 Å². The Balaban J connectivity index is 2.89. The largest absolute Gasteiger partial charge is 0.508 e. The number of phenols is 1. The van der Waals surface area contributed by atoms with Crippen LogP contribution in [0.3, 0.4) is 0 Å². The molecule has 0 aliphatic carbocycles. The monoisotopic (exact) mass is 148 g/mol. The van der Waals surface area contributed by atoms with Crippen LogP contribution >= 0.6 is 0 Å². The van der Waals surface area contributed by atoms with Gasteiger partial charge >= 0.3 is 0 Å². The van der Waals surface area contributed by atoms with Gasteiger partial charge in [-0.1, -0.05) is 25.1 Å². The number of aromatic hydroxyl groups is 1. The summed E-state index contributed by atoms with van der Waals surface area (Å²) in [5.74, 6) is 0.667. The van der Waals surface area contributed by atoms with Crippen molar-refractivity contribution in [2.24, 2.45) is 0 Å². The topological polar surface area (TPSA) is 20.2 Å². The highest BCUT2D eigenvalue weighted by Gasteiger charge is 1.98. The first-order valence-electron chi connectivity index (χ1n) is 3.65. The minimum Gasteiger partial charge on any atom is -0.508 e. The first kappa shape index (κ1) is 7.86. The molecule has 1 unspecified atom stereocenters. The molecule has 0 fully saturated rings. The van der Waals surface area contributed by atoms with Crippen molar-refractivity contribution >= 4 is 0 Å². The van der Waals surface area contributed by atoms with Crippen LogP contribution in [-0.4, -0.2) is 5.11 Å². The van der Waals surface area contributed by atoms with E-state index in [-0.39, 0.29) is 0 Å². The fourth-order valence-electron chi connectivity index (χ4n) is 0.914. The van der Waals surface area contributed by atoms with E-state index in [2.05, 4.69) is 13.5 Å². The molecule has 1 nitrogen and oxygen atoms in total. The Morgan fingerprint density at radius 2 is 1.91 bits per heavy atom. The van der Waals surface area contributed by atoms with Crippen molar-refractivity contribution in [3.05, 3.63) is 42.5 Å². The smallest absolute Gasteiger partial charge is 0.115 e. The molecule has 0 saturated carbocycles. The Bertz CT molecular complexity index is 236. The molecule has 0 spiro atoms. The molecule has 58 valence electrons. The molecule has 1 atom stereocenters. The molecular weight excluding hydrogens is 136 g/mol. The number of phenolic OH excluding ortho intramolecular Hbond substituents is 1. The van der Waals surface area contributed by atoms with Crippen molar-refractivity contribution in [3.8, 4) is 5.75 Å². The molecule has 1 N–H and O–H groups in total. The van der Waals surface area contributed by atoms with Gasteiger partial charge in [-0.2, -0.15) is 0 Å². The Morgan fingerprint density at radius 3 is 2.36 bits per heavy atom. The van der Waals surface area contributed by atoms with E-state index in [1.807, 2.05) is 18.2 Å². The van der Waals surface area contributed by atoms with E-state index in [0.29, 0.717) is 11.7 Å². The van der Waals surface area contributed by atoms with Crippen molar-refractivity contribution in [2.45, 2.75) is 12.8 Å². The Labute approximate surface area is 67.0 Å². The van der Waals surface area contributed by atoms with Crippen LogP contribution in [0.25, 0.3) is 0 Å². The van der Waals surface area contributed by atoms with E-state index < -0.39 is 0 Å². The minimum atomic E-state index is 0.310. The van der Waals surface area contributed by atoms with E-state index in [4.69, 9.17) is 5.11 Å². The zero-order valence-corrected chi connectivity index (χ0v) is 6.62. The molecule has 1 heteroatoms. The van der Waals surface area contributed by atoms with Gasteiger partial charge < -0.3 is 5.11 Å². The Hall–Kier alpha value is -1.24. The molecule has 0 saturated heterocycles. The lowest BCUT2D eigenvalue weighted by Crippen LogP contribution is -1.86. The van der Waals surface area contributed by atoms with Crippen molar-refractivity contribution in [2.75, 3.05) is 0 Å². The van der Waals surface area contributed by atoms with Gasteiger partial charge in [-0.15, -0.1) is 6.58 Å². The van der Waals surface area contributed by atoms with E-state index in [9.17, 15) is 0 Å². The summed E-state index contributed by atoms with van der Waals surface area (Å²) < 4.78 is 0. The summed E-state index contributed by atoms with van der Waals surface area (Å²) in [6.45, 7) is 5.77. The van der Waals surface area contributed by atoms with Gasteiger partial charge in [0.2, 0.25) is 0 Å². The number of benzene rings is 1. The van der Waals surface area contributed by atoms with Gasteiger partial charge in [0.25, 0.3) is 0 Å². The molecule has 0 heterocycles. The number of allylic oxidation sites excluding steroid dienone is 1. The summed E-state index contributed by atoms with van der Waals surface area (Å²) in [4.78, 5) is 0. The standard InChI is InChI=1S/C10H12O/c1-3-8(2)9-4-6-10(11)7-5-9/h3-8,11H,1H2,2H3. The molecule has 0 aromatic heterocycles. The van der Waals surface area contributed by atoms with E-state index in [0.717, 1.165) is 0 Å². The molecule has 1 rings (SSSR count). The summed E-state index contributed by atoms with van der Waals surface area (Å²) in [5, 5.41) is 8.99. The van der Waals surface area contributed by atoms with Gasteiger partial charge in [-0.05, 0) is 23.6 Å². The third-order valence-corrected chi connectivity index (χ3v) is 1.77. The SMILES string of the molecule is C=CC(C)c1ccc(O)cc1. The summed E-state index contributed by atoms with van der Waals surface area (Å²) in [7, 11) is 0. The van der Waals surface area contributed by atoms with E-state index in [1.165, 1.54) is 5.56 Å². The molecule has 0 radical (unpaired) electrons. The van der Waals surface area contributed by atoms with Gasteiger partial charge in [0.1, 0.15) is 5.75 Å². The van der Waals surface area contributed by atoms with Crippen LogP contribution in [0.2, 0.25) is 0 Å². The van der Waals surface area contributed by atoms with Crippen molar-refractivity contribution < 1.29 is 5.11 Å². The second-order valence-corrected chi connectivity index (χ2v) is 2.62. The lowest BCUT2D eigenvalue weighted by atomic mass is 10.0. The normalized spacial score (nSPS) is 12.5. The maximum Gasteiger partial charge on any atom is 0.115 e. The number of hydrogen-bond acceptors (Lipinski definition) is 1. The van der Waals surface area contributed by atoms with Crippen LogP contribution < -0.4 is 0 Å². The van der Waals surface area contributed by atoms with Gasteiger partial charge in [0, 0.05) is 0 Å². The molecule has 11 heavy (non-hydrogen) atoms. The molecule has 0 bridgehead atoms. The summed E-state index contributed by atoms with van der Waals surface area (Å²) in [6.07, 6.45) is 1.88. The number of hydrogen-bond donors (Lipinski definition) is 1. The fraction of sp³-hybridized carbons (Fsp3) is 0.200. The minimum absolute atomic E-state index is 0.310. The second-order valence-electron chi connectivity index (χ2n) is 2.62. The third-order valence-electron chi connectivity index (χ3n) is 1.77. The quantitative estimate of drug-likeness (QED) is 0.639. The first-order valence-corrected chi connectivity index (χ1v) is 3.65. The van der Waals surface area contributed by atoms with Crippen LogP contribution in [-0.2, 0) is 0 Å². The van der Waals surface area contributed by atoms with Crippen molar-refractivity contribution in [1.82, 2.24) is 0 Å². The molecule has 0 aliphatic rings. The Morgan fingerprint density at radius 1 is 1.36 bits per heavy atom. The average Bonchev–Trinajstić information content (AvgIpc) is 2.05. The molecule has 0 amide bonds. The lowest BCUT2D eigenvalue weighted by Gasteiger charge is -2.04. The summed E-state index contributed by atoms with van der Waals surface area (Å²) >= 11 is 0. The van der Waals surface area contributed by atoms with Crippen LogP contribution in [0.4, 0.5) is 0 Å². The summed E-state index contributed by atoms with van der Waals surface area (Å²) in [6, 6.07) is 7.19. The maximum absolute atomic E-state index is 8.99.